The Morgan fingerprint density at radius 3 is 2.62 bits per heavy atom. The molecule has 1 aliphatic carbocycles. The van der Waals surface area contributed by atoms with Gasteiger partial charge in [-0.25, -0.2) is 0 Å². The van der Waals surface area contributed by atoms with E-state index < -0.39 is 0 Å². The Bertz CT molecular complexity index is 324. The minimum atomic E-state index is 0.0268. The van der Waals surface area contributed by atoms with Crippen LogP contribution in [0.15, 0.2) is 18.2 Å². The molecule has 2 rings (SSSR count). The maximum Gasteiger partial charge on any atom is 0.0414 e. The molecule has 1 aromatic carbocycles. The number of rotatable bonds is 2. The van der Waals surface area contributed by atoms with Gasteiger partial charge >= 0.3 is 0 Å². The summed E-state index contributed by atoms with van der Waals surface area (Å²) in [6, 6.07) is 6.64. The van der Waals surface area contributed by atoms with Crippen molar-refractivity contribution in [3.05, 3.63) is 34.9 Å². The van der Waals surface area contributed by atoms with E-state index in [4.69, 9.17) is 5.73 Å². The third kappa shape index (κ3) is 1.49. The van der Waals surface area contributed by atoms with E-state index in [9.17, 15) is 0 Å². The molecular weight excluding hydrogens is 158 g/mol. The molecule has 0 spiro atoms. The molecule has 0 aliphatic heterocycles. The number of benzene rings is 1. The third-order valence-electron chi connectivity index (χ3n) is 2.97. The standard InChI is InChI=1S/C12H17N/c1-3-10-8-9(2)4-5-11(10)12(13)6-7-12/h4-5,8H,3,6-7,13H2,1-2H3. The van der Waals surface area contributed by atoms with Gasteiger partial charge in [0.15, 0.2) is 0 Å². The van der Waals surface area contributed by atoms with Crippen molar-refractivity contribution in [3.63, 3.8) is 0 Å². The molecule has 0 heterocycles. The maximum absolute atomic E-state index is 6.19. The Balaban J connectivity index is 2.45. The zero-order valence-electron chi connectivity index (χ0n) is 8.43. The summed E-state index contributed by atoms with van der Waals surface area (Å²) in [4.78, 5) is 0. The molecule has 1 aromatic rings. The lowest BCUT2D eigenvalue weighted by molar-refractivity contribution is 0.726. The van der Waals surface area contributed by atoms with Gasteiger partial charge < -0.3 is 5.73 Å². The van der Waals surface area contributed by atoms with Gasteiger partial charge in [0.2, 0.25) is 0 Å². The van der Waals surface area contributed by atoms with Crippen LogP contribution in [-0.2, 0) is 12.0 Å². The van der Waals surface area contributed by atoms with Crippen molar-refractivity contribution in [1.82, 2.24) is 0 Å². The van der Waals surface area contributed by atoms with Crippen LogP contribution in [0.2, 0.25) is 0 Å². The minimum absolute atomic E-state index is 0.0268. The molecule has 0 aromatic heterocycles. The molecule has 0 amide bonds. The second kappa shape index (κ2) is 2.85. The predicted molar refractivity (Wildman–Crippen MR) is 55.7 cm³/mol. The van der Waals surface area contributed by atoms with Crippen molar-refractivity contribution in [2.75, 3.05) is 0 Å². The second-order valence-corrected chi connectivity index (χ2v) is 4.17. The van der Waals surface area contributed by atoms with Crippen molar-refractivity contribution in [2.45, 2.75) is 38.6 Å². The average Bonchev–Trinajstić information content (AvgIpc) is 2.84. The van der Waals surface area contributed by atoms with Crippen LogP contribution in [0.5, 0.6) is 0 Å². The summed E-state index contributed by atoms with van der Waals surface area (Å²) < 4.78 is 0. The van der Waals surface area contributed by atoms with Gasteiger partial charge in [0.25, 0.3) is 0 Å². The van der Waals surface area contributed by atoms with E-state index in [1.54, 1.807) is 0 Å². The number of nitrogens with two attached hydrogens (primary N) is 1. The number of aryl methyl sites for hydroxylation is 2. The van der Waals surface area contributed by atoms with E-state index in [1.165, 1.54) is 16.7 Å². The molecule has 2 N–H and O–H groups in total. The summed E-state index contributed by atoms with van der Waals surface area (Å²) in [5, 5.41) is 0. The van der Waals surface area contributed by atoms with Gasteiger partial charge in [0.05, 0.1) is 0 Å². The van der Waals surface area contributed by atoms with E-state index in [0.29, 0.717) is 0 Å². The van der Waals surface area contributed by atoms with Gasteiger partial charge in [-0.15, -0.1) is 0 Å². The van der Waals surface area contributed by atoms with Crippen molar-refractivity contribution in [2.24, 2.45) is 5.73 Å². The monoisotopic (exact) mass is 175 g/mol. The molecule has 0 radical (unpaired) electrons. The SMILES string of the molecule is CCc1cc(C)ccc1C1(N)CC1. The van der Waals surface area contributed by atoms with Crippen molar-refractivity contribution < 1.29 is 0 Å². The van der Waals surface area contributed by atoms with Gasteiger partial charge in [-0.05, 0) is 37.3 Å². The van der Waals surface area contributed by atoms with Crippen molar-refractivity contribution >= 4 is 0 Å². The summed E-state index contributed by atoms with van der Waals surface area (Å²) in [6.45, 7) is 4.34. The number of hydrogen-bond acceptors (Lipinski definition) is 1. The summed E-state index contributed by atoms with van der Waals surface area (Å²) in [7, 11) is 0. The first-order valence-electron chi connectivity index (χ1n) is 5.04. The largest absolute Gasteiger partial charge is 0.321 e. The summed E-state index contributed by atoms with van der Waals surface area (Å²) in [5.41, 5.74) is 10.4. The smallest absolute Gasteiger partial charge is 0.0414 e. The molecule has 70 valence electrons. The molecule has 0 saturated heterocycles. The molecule has 1 fully saturated rings. The van der Waals surface area contributed by atoms with Gasteiger partial charge in [0.1, 0.15) is 0 Å². The number of hydrogen-bond donors (Lipinski definition) is 1. The summed E-state index contributed by atoms with van der Waals surface area (Å²) in [6.07, 6.45) is 3.40. The van der Waals surface area contributed by atoms with E-state index in [1.807, 2.05) is 0 Å². The van der Waals surface area contributed by atoms with E-state index in [2.05, 4.69) is 32.0 Å². The lowest BCUT2D eigenvalue weighted by Crippen LogP contribution is -2.20. The molecule has 13 heavy (non-hydrogen) atoms. The Labute approximate surface area is 80.0 Å². The highest BCUT2D eigenvalue weighted by molar-refractivity contribution is 5.39. The molecule has 0 atom stereocenters. The Morgan fingerprint density at radius 2 is 2.08 bits per heavy atom. The van der Waals surface area contributed by atoms with Crippen LogP contribution in [0, 0.1) is 6.92 Å². The maximum atomic E-state index is 6.19. The molecule has 1 saturated carbocycles. The predicted octanol–water partition coefficient (Wildman–Crippen LogP) is 2.51. The van der Waals surface area contributed by atoms with Gasteiger partial charge in [0, 0.05) is 5.54 Å². The van der Waals surface area contributed by atoms with Crippen LogP contribution < -0.4 is 5.73 Å². The van der Waals surface area contributed by atoms with Crippen molar-refractivity contribution in [3.8, 4) is 0 Å². The summed E-state index contributed by atoms with van der Waals surface area (Å²) in [5.74, 6) is 0. The highest BCUT2D eigenvalue weighted by atomic mass is 14.8. The topological polar surface area (TPSA) is 26.0 Å². The molecule has 1 heteroatoms. The molecule has 0 bridgehead atoms. The van der Waals surface area contributed by atoms with Crippen LogP contribution in [0.1, 0.15) is 36.5 Å². The van der Waals surface area contributed by atoms with E-state index in [0.717, 1.165) is 19.3 Å². The first-order valence-corrected chi connectivity index (χ1v) is 5.04. The normalized spacial score (nSPS) is 18.7. The Morgan fingerprint density at radius 1 is 1.38 bits per heavy atom. The van der Waals surface area contributed by atoms with Crippen LogP contribution in [-0.4, -0.2) is 0 Å². The Kier molecular flexibility index (Phi) is 1.92. The van der Waals surface area contributed by atoms with E-state index in [-0.39, 0.29) is 5.54 Å². The fraction of sp³-hybridized carbons (Fsp3) is 0.500. The van der Waals surface area contributed by atoms with Crippen LogP contribution in [0.3, 0.4) is 0 Å². The second-order valence-electron chi connectivity index (χ2n) is 4.17. The highest BCUT2D eigenvalue weighted by Gasteiger charge is 2.40. The summed E-state index contributed by atoms with van der Waals surface area (Å²) >= 11 is 0. The first kappa shape index (κ1) is 8.76. The average molecular weight is 175 g/mol. The molecule has 1 aliphatic rings. The first-order chi connectivity index (χ1) is 6.15. The third-order valence-corrected chi connectivity index (χ3v) is 2.97. The quantitative estimate of drug-likeness (QED) is 0.734. The van der Waals surface area contributed by atoms with Crippen LogP contribution in [0.4, 0.5) is 0 Å². The van der Waals surface area contributed by atoms with Gasteiger partial charge in [-0.3, -0.25) is 0 Å². The highest BCUT2D eigenvalue weighted by Crippen LogP contribution is 2.44. The Hall–Kier alpha value is -0.820. The minimum Gasteiger partial charge on any atom is -0.321 e. The van der Waals surface area contributed by atoms with Crippen LogP contribution in [0.25, 0.3) is 0 Å². The molecule has 1 nitrogen and oxygen atoms in total. The fourth-order valence-electron chi connectivity index (χ4n) is 1.90. The van der Waals surface area contributed by atoms with E-state index >= 15 is 0 Å². The fourth-order valence-corrected chi connectivity index (χ4v) is 1.90. The molecular formula is C12H17N. The van der Waals surface area contributed by atoms with Crippen molar-refractivity contribution in [1.29, 1.82) is 0 Å². The zero-order valence-corrected chi connectivity index (χ0v) is 8.43. The van der Waals surface area contributed by atoms with Gasteiger partial charge in [-0.1, -0.05) is 30.7 Å². The molecule has 0 unspecified atom stereocenters. The lowest BCUT2D eigenvalue weighted by atomic mass is 9.95. The lowest BCUT2D eigenvalue weighted by Gasteiger charge is -2.14. The van der Waals surface area contributed by atoms with Gasteiger partial charge in [-0.2, -0.15) is 0 Å². The zero-order chi connectivity index (χ0) is 9.47. The van der Waals surface area contributed by atoms with Crippen LogP contribution >= 0.6 is 0 Å².